The molecule has 5 rings (SSSR count). The van der Waals surface area contributed by atoms with Crippen molar-refractivity contribution in [3.05, 3.63) is 70.4 Å². The van der Waals surface area contributed by atoms with E-state index in [1.165, 1.54) is 4.68 Å². The molecule has 4 heterocycles. The predicted octanol–water partition coefficient (Wildman–Crippen LogP) is 3.08. The SMILES string of the molecule is C/C=C(\C)Cn1c(N2CCCC(N)C2)nc2cnn(Cc3nccc4ccccc34)c(=O)c21. The lowest BCUT2D eigenvalue weighted by Crippen LogP contribution is -2.44. The molecule has 8 heteroatoms. The van der Waals surface area contributed by atoms with Crippen LogP contribution < -0.4 is 16.2 Å². The number of hydrogen-bond acceptors (Lipinski definition) is 6. The predicted molar refractivity (Wildman–Crippen MR) is 131 cm³/mol. The van der Waals surface area contributed by atoms with E-state index in [0.29, 0.717) is 24.1 Å². The van der Waals surface area contributed by atoms with Gasteiger partial charge in [-0.1, -0.05) is 35.9 Å². The van der Waals surface area contributed by atoms with Gasteiger partial charge in [0.1, 0.15) is 11.0 Å². The highest BCUT2D eigenvalue weighted by atomic mass is 16.1. The van der Waals surface area contributed by atoms with Crippen LogP contribution in [0.5, 0.6) is 0 Å². The molecule has 1 fully saturated rings. The standard InChI is InChI=1S/C25H29N7O/c1-3-17(2)14-31-23-21(29-25(31)30-12-6-8-19(26)15-30)13-28-32(24(23)33)16-22-20-9-5-4-7-18(20)10-11-27-22/h3-5,7,9-11,13,19H,6,8,12,14-16,26H2,1-2H3/b17-3+. The Labute approximate surface area is 192 Å². The van der Waals surface area contributed by atoms with Crippen LogP contribution in [-0.2, 0) is 13.1 Å². The minimum atomic E-state index is -0.161. The van der Waals surface area contributed by atoms with Crippen molar-refractivity contribution in [2.75, 3.05) is 18.0 Å². The summed E-state index contributed by atoms with van der Waals surface area (Å²) in [5.41, 5.74) is 9.25. The second-order valence-corrected chi connectivity index (χ2v) is 8.80. The van der Waals surface area contributed by atoms with Crippen LogP contribution in [0.2, 0.25) is 0 Å². The number of rotatable bonds is 5. The fourth-order valence-corrected chi connectivity index (χ4v) is 4.56. The van der Waals surface area contributed by atoms with Gasteiger partial charge in [-0.15, -0.1) is 0 Å². The number of nitrogens with two attached hydrogens (primary N) is 1. The van der Waals surface area contributed by atoms with Crippen molar-refractivity contribution >= 4 is 27.8 Å². The van der Waals surface area contributed by atoms with E-state index < -0.39 is 0 Å². The van der Waals surface area contributed by atoms with Crippen LogP contribution in [-0.4, -0.2) is 43.4 Å². The zero-order valence-electron chi connectivity index (χ0n) is 19.1. The highest BCUT2D eigenvalue weighted by Gasteiger charge is 2.24. The maximum atomic E-state index is 13.7. The number of fused-ring (bicyclic) bond motifs is 2. The first kappa shape index (κ1) is 21.3. The first-order valence-corrected chi connectivity index (χ1v) is 11.5. The van der Waals surface area contributed by atoms with Gasteiger partial charge >= 0.3 is 0 Å². The summed E-state index contributed by atoms with van der Waals surface area (Å²) in [5.74, 6) is 0.793. The number of pyridine rings is 1. The Morgan fingerprint density at radius 2 is 2.12 bits per heavy atom. The first-order valence-electron chi connectivity index (χ1n) is 11.5. The second kappa shape index (κ2) is 8.78. The van der Waals surface area contributed by atoms with E-state index in [1.807, 2.05) is 41.8 Å². The molecule has 3 aromatic heterocycles. The third-order valence-electron chi connectivity index (χ3n) is 6.43. The fourth-order valence-electron chi connectivity index (χ4n) is 4.56. The Hall–Kier alpha value is -3.52. The number of anilines is 1. The Kier molecular flexibility index (Phi) is 5.68. The Bertz CT molecular complexity index is 1400. The summed E-state index contributed by atoms with van der Waals surface area (Å²) in [4.78, 5) is 25.2. The van der Waals surface area contributed by atoms with Crippen molar-refractivity contribution in [1.29, 1.82) is 0 Å². The zero-order chi connectivity index (χ0) is 22.9. The molecular formula is C25H29N7O. The molecule has 0 amide bonds. The summed E-state index contributed by atoms with van der Waals surface area (Å²) in [6.07, 6.45) is 7.56. The Morgan fingerprint density at radius 1 is 1.27 bits per heavy atom. The summed E-state index contributed by atoms with van der Waals surface area (Å²) in [7, 11) is 0. The molecule has 4 aromatic rings. The smallest absolute Gasteiger partial charge is 0.293 e. The highest BCUT2D eigenvalue weighted by molar-refractivity contribution is 5.84. The summed E-state index contributed by atoms with van der Waals surface area (Å²) in [6.45, 7) is 6.59. The molecule has 0 spiro atoms. The molecule has 8 nitrogen and oxygen atoms in total. The molecule has 1 atom stereocenters. The topological polar surface area (TPSA) is 94.9 Å². The van der Waals surface area contributed by atoms with Crippen molar-refractivity contribution in [2.45, 2.75) is 45.8 Å². The Morgan fingerprint density at radius 3 is 2.94 bits per heavy atom. The van der Waals surface area contributed by atoms with Gasteiger partial charge in [0.25, 0.3) is 5.56 Å². The summed E-state index contributed by atoms with van der Waals surface area (Å²) in [6, 6.07) is 10.1. The van der Waals surface area contributed by atoms with Gasteiger partial charge < -0.3 is 15.2 Å². The van der Waals surface area contributed by atoms with Gasteiger partial charge in [0.05, 0.1) is 18.4 Å². The second-order valence-electron chi connectivity index (χ2n) is 8.80. The van der Waals surface area contributed by atoms with Crippen molar-refractivity contribution in [1.82, 2.24) is 24.3 Å². The largest absolute Gasteiger partial charge is 0.341 e. The van der Waals surface area contributed by atoms with Crippen LogP contribution in [0, 0.1) is 0 Å². The molecule has 1 unspecified atom stereocenters. The fraction of sp³-hybridized carbons (Fsp3) is 0.360. The highest BCUT2D eigenvalue weighted by Crippen LogP contribution is 2.24. The quantitative estimate of drug-likeness (QED) is 0.476. The van der Waals surface area contributed by atoms with Crippen LogP contribution in [0.3, 0.4) is 0 Å². The number of imidazole rings is 1. The average Bonchev–Trinajstić information content (AvgIpc) is 3.20. The van der Waals surface area contributed by atoms with E-state index >= 15 is 0 Å². The molecule has 0 bridgehead atoms. The van der Waals surface area contributed by atoms with Crippen LogP contribution in [0.25, 0.3) is 21.8 Å². The third kappa shape index (κ3) is 4.02. The maximum Gasteiger partial charge on any atom is 0.293 e. The molecule has 1 aliphatic rings. The normalized spacial score (nSPS) is 17.2. The number of piperidine rings is 1. The van der Waals surface area contributed by atoms with Crippen molar-refractivity contribution in [3.8, 4) is 0 Å². The number of benzene rings is 1. The van der Waals surface area contributed by atoms with E-state index in [9.17, 15) is 4.79 Å². The van der Waals surface area contributed by atoms with Crippen LogP contribution in [0.1, 0.15) is 32.4 Å². The third-order valence-corrected chi connectivity index (χ3v) is 6.43. The van der Waals surface area contributed by atoms with E-state index in [-0.39, 0.29) is 11.6 Å². The molecule has 0 radical (unpaired) electrons. The van der Waals surface area contributed by atoms with Gasteiger partial charge in [-0.05, 0) is 38.1 Å². The number of aromatic nitrogens is 5. The van der Waals surface area contributed by atoms with Gasteiger partial charge in [-0.2, -0.15) is 5.10 Å². The van der Waals surface area contributed by atoms with Gasteiger partial charge in [-0.3, -0.25) is 9.78 Å². The molecule has 1 aromatic carbocycles. The van der Waals surface area contributed by atoms with Crippen molar-refractivity contribution in [3.63, 3.8) is 0 Å². The molecular weight excluding hydrogens is 414 g/mol. The van der Waals surface area contributed by atoms with E-state index in [4.69, 9.17) is 10.7 Å². The monoisotopic (exact) mass is 443 g/mol. The molecule has 2 N–H and O–H groups in total. The number of nitrogens with zero attached hydrogens (tertiary/aromatic N) is 6. The zero-order valence-corrected chi connectivity index (χ0v) is 19.1. The molecule has 1 aliphatic heterocycles. The van der Waals surface area contributed by atoms with Crippen LogP contribution in [0.15, 0.2) is 59.2 Å². The minimum Gasteiger partial charge on any atom is -0.341 e. The lowest BCUT2D eigenvalue weighted by molar-refractivity contribution is 0.495. The lowest BCUT2D eigenvalue weighted by atomic mass is 10.1. The molecule has 0 aliphatic carbocycles. The minimum absolute atomic E-state index is 0.113. The van der Waals surface area contributed by atoms with E-state index in [2.05, 4.69) is 28.0 Å². The van der Waals surface area contributed by atoms with Crippen molar-refractivity contribution < 1.29 is 0 Å². The van der Waals surface area contributed by atoms with Crippen molar-refractivity contribution in [2.24, 2.45) is 5.73 Å². The summed E-state index contributed by atoms with van der Waals surface area (Å²) >= 11 is 0. The summed E-state index contributed by atoms with van der Waals surface area (Å²) in [5, 5.41) is 6.57. The number of hydrogen-bond donors (Lipinski definition) is 1. The lowest BCUT2D eigenvalue weighted by Gasteiger charge is -2.32. The first-order chi connectivity index (χ1) is 16.0. The summed E-state index contributed by atoms with van der Waals surface area (Å²) < 4.78 is 3.52. The average molecular weight is 444 g/mol. The molecule has 0 saturated carbocycles. The van der Waals surface area contributed by atoms with Gasteiger partial charge in [0, 0.05) is 37.3 Å². The van der Waals surface area contributed by atoms with Crippen LogP contribution >= 0.6 is 0 Å². The molecule has 33 heavy (non-hydrogen) atoms. The molecule has 1 saturated heterocycles. The molecule has 170 valence electrons. The maximum absolute atomic E-state index is 13.7. The van der Waals surface area contributed by atoms with Crippen LogP contribution in [0.4, 0.5) is 5.95 Å². The van der Waals surface area contributed by atoms with E-state index in [1.54, 1.807) is 12.4 Å². The number of allylic oxidation sites excluding steroid dienone is 2. The van der Waals surface area contributed by atoms with E-state index in [0.717, 1.165) is 53.9 Å². The van der Waals surface area contributed by atoms with Gasteiger partial charge in [0.15, 0.2) is 0 Å². The van der Waals surface area contributed by atoms with Gasteiger partial charge in [-0.25, -0.2) is 9.67 Å². The Balaban J connectivity index is 1.63. The van der Waals surface area contributed by atoms with Gasteiger partial charge in [0.2, 0.25) is 5.95 Å².